The van der Waals surface area contributed by atoms with Gasteiger partial charge in [0.15, 0.2) is 6.10 Å². The van der Waals surface area contributed by atoms with Gasteiger partial charge in [-0.05, 0) is 31.5 Å². The van der Waals surface area contributed by atoms with E-state index in [-0.39, 0.29) is 11.1 Å². The fraction of sp³-hybridized carbons (Fsp3) is 0.222. The van der Waals surface area contributed by atoms with Crippen molar-refractivity contribution in [2.75, 3.05) is 5.32 Å². The first-order chi connectivity index (χ1) is 13.0. The van der Waals surface area contributed by atoms with E-state index in [1.807, 2.05) is 0 Å². The van der Waals surface area contributed by atoms with Gasteiger partial charge in [-0.1, -0.05) is 24.3 Å². The third-order valence-corrected chi connectivity index (χ3v) is 3.79. The number of benzene rings is 2. The van der Waals surface area contributed by atoms with E-state index < -0.39 is 46.0 Å². The largest absolute Gasteiger partial charge is 0.449 e. The molecule has 0 spiro atoms. The summed E-state index contributed by atoms with van der Waals surface area (Å²) < 4.78 is 43.9. The molecule has 0 aliphatic carbocycles. The number of halogens is 3. The van der Waals surface area contributed by atoms with Crippen molar-refractivity contribution >= 4 is 23.3 Å². The number of para-hydroxylation sites is 1. The van der Waals surface area contributed by atoms with Crippen molar-refractivity contribution in [3.05, 3.63) is 69.3 Å². The van der Waals surface area contributed by atoms with Crippen LogP contribution in [0.4, 0.5) is 24.5 Å². The second-order valence-electron chi connectivity index (χ2n) is 5.81. The molecule has 0 heterocycles. The molecule has 2 aromatic rings. The number of aryl methyl sites for hydroxylation is 1. The summed E-state index contributed by atoms with van der Waals surface area (Å²) in [7, 11) is 0. The summed E-state index contributed by atoms with van der Waals surface area (Å²) in [4.78, 5) is 34.8. The molecule has 0 radical (unpaired) electrons. The number of amides is 1. The zero-order chi connectivity index (χ0) is 21.1. The summed E-state index contributed by atoms with van der Waals surface area (Å²) >= 11 is 0. The maximum absolute atomic E-state index is 13.0. The molecule has 10 heteroatoms. The van der Waals surface area contributed by atoms with Crippen molar-refractivity contribution in [3.8, 4) is 0 Å². The SMILES string of the molecule is Cc1cccc([N+](=O)[O-])c1C(=O)OC(C)C(=O)Nc1ccccc1C(F)(F)F. The highest BCUT2D eigenvalue weighted by Crippen LogP contribution is 2.34. The van der Waals surface area contributed by atoms with Crippen molar-refractivity contribution in [3.63, 3.8) is 0 Å². The number of alkyl halides is 3. The number of hydrogen-bond acceptors (Lipinski definition) is 5. The number of anilines is 1. The molecule has 0 aliphatic rings. The van der Waals surface area contributed by atoms with E-state index in [4.69, 9.17) is 4.74 Å². The van der Waals surface area contributed by atoms with Crippen LogP contribution in [0.15, 0.2) is 42.5 Å². The third kappa shape index (κ3) is 4.64. The predicted molar refractivity (Wildman–Crippen MR) is 92.8 cm³/mol. The number of rotatable bonds is 5. The molecule has 1 N–H and O–H groups in total. The molecule has 0 bridgehead atoms. The second-order valence-corrected chi connectivity index (χ2v) is 5.81. The molecule has 2 rings (SSSR count). The number of nitro groups is 1. The molecule has 0 fully saturated rings. The number of nitrogens with one attached hydrogen (secondary N) is 1. The summed E-state index contributed by atoms with van der Waals surface area (Å²) in [5.74, 6) is -2.14. The number of ether oxygens (including phenoxy) is 1. The lowest BCUT2D eigenvalue weighted by Crippen LogP contribution is -2.31. The van der Waals surface area contributed by atoms with E-state index in [0.717, 1.165) is 25.1 Å². The Labute approximate surface area is 157 Å². The first-order valence-electron chi connectivity index (χ1n) is 7.94. The fourth-order valence-corrected chi connectivity index (χ4v) is 2.42. The Hall–Kier alpha value is -3.43. The van der Waals surface area contributed by atoms with Gasteiger partial charge in [-0.3, -0.25) is 14.9 Å². The van der Waals surface area contributed by atoms with Crippen LogP contribution < -0.4 is 5.32 Å². The van der Waals surface area contributed by atoms with Crippen LogP contribution in [0.5, 0.6) is 0 Å². The highest BCUT2D eigenvalue weighted by Gasteiger charge is 2.34. The molecule has 1 unspecified atom stereocenters. The average Bonchev–Trinajstić information content (AvgIpc) is 2.60. The van der Waals surface area contributed by atoms with Gasteiger partial charge in [0, 0.05) is 6.07 Å². The number of hydrogen-bond donors (Lipinski definition) is 1. The Morgan fingerprint density at radius 1 is 1.14 bits per heavy atom. The van der Waals surface area contributed by atoms with Crippen LogP contribution in [0.2, 0.25) is 0 Å². The minimum absolute atomic E-state index is 0.259. The summed E-state index contributed by atoms with van der Waals surface area (Å²) in [5, 5.41) is 13.1. The van der Waals surface area contributed by atoms with E-state index in [2.05, 4.69) is 5.32 Å². The van der Waals surface area contributed by atoms with Crippen LogP contribution in [0, 0.1) is 17.0 Å². The minimum atomic E-state index is -4.69. The van der Waals surface area contributed by atoms with Crippen molar-refractivity contribution in [2.24, 2.45) is 0 Å². The zero-order valence-electron chi connectivity index (χ0n) is 14.7. The number of nitro benzene ring substituents is 1. The van der Waals surface area contributed by atoms with Crippen LogP contribution in [0.25, 0.3) is 0 Å². The summed E-state index contributed by atoms with van der Waals surface area (Å²) in [6.45, 7) is 2.60. The van der Waals surface area contributed by atoms with E-state index in [1.54, 1.807) is 0 Å². The topological polar surface area (TPSA) is 98.5 Å². The Bertz CT molecular complexity index is 928. The molecule has 28 heavy (non-hydrogen) atoms. The van der Waals surface area contributed by atoms with Crippen LogP contribution in [0.3, 0.4) is 0 Å². The van der Waals surface area contributed by atoms with Crippen LogP contribution in [-0.4, -0.2) is 22.9 Å². The standard InChI is InChI=1S/C18H15F3N2O5/c1-10-6-5-9-14(23(26)27)15(10)17(25)28-11(2)16(24)22-13-8-4-3-7-12(13)18(19,20)21/h3-9,11H,1-2H3,(H,22,24). The summed E-state index contributed by atoms with van der Waals surface area (Å²) in [5.41, 5.74) is -2.13. The van der Waals surface area contributed by atoms with Crippen molar-refractivity contribution < 1.29 is 32.4 Å². The maximum atomic E-state index is 13.0. The van der Waals surface area contributed by atoms with Crippen LogP contribution >= 0.6 is 0 Å². The van der Waals surface area contributed by atoms with Gasteiger partial charge in [0.05, 0.1) is 16.2 Å². The Morgan fingerprint density at radius 3 is 2.39 bits per heavy atom. The Kier molecular flexibility index (Phi) is 6.02. The molecule has 0 saturated heterocycles. The quantitative estimate of drug-likeness (QED) is 0.466. The summed E-state index contributed by atoms with van der Waals surface area (Å²) in [6, 6.07) is 8.26. The molecule has 0 aromatic heterocycles. The number of esters is 1. The predicted octanol–water partition coefficient (Wildman–Crippen LogP) is 4.11. The molecule has 0 saturated carbocycles. The molecule has 0 aliphatic heterocycles. The number of carbonyl (C=O) groups is 2. The van der Waals surface area contributed by atoms with Gasteiger partial charge in [-0.15, -0.1) is 0 Å². The fourth-order valence-electron chi connectivity index (χ4n) is 2.42. The first kappa shape index (κ1) is 20.9. The summed E-state index contributed by atoms with van der Waals surface area (Å²) in [6.07, 6.45) is -6.18. The molecular formula is C18H15F3N2O5. The highest BCUT2D eigenvalue weighted by molar-refractivity contribution is 6.00. The molecule has 1 atom stereocenters. The smallest absolute Gasteiger partial charge is 0.418 e. The van der Waals surface area contributed by atoms with Gasteiger partial charge in [0.25, 0.3) is 11.6 Å². The third-order valence-electron chi connectivity index (χ3n) is 3.79. The van der Waals surface area contributed by atoms with Crippen LogP contribution in [0.1, 0.15) is 28.4 Å². The van der Waals surface area contributed by atoms with Crippen molar-refractivity contribution in [2.45, 2.75) is 26.1 Å². The lowest BCUT2D eigenvalue weighted by atomic mass is 10.1. The lowest BCUT2D eigenvalue weighted by Gasteiger charge is -2.17. The van der Waals surface area contributed by atoms with E-state index >= 15 is 0 Å². The molecule has 1 amide bonds. The highest BCUT2D eigenvalue weighted by atomic mass is 19.4. The van der Waals surface area contributed by atoms with Gasteiger partial charge in [0.1, 0.15) is 5.56 Å². The molecular weight excluding hydrogens is 381 g/mol. The monoisotopic (exact) mass is 396 g/mol. The van der Waals surface area contributed by atoms with Gasteiger partial charge in [0.2, 0.25) is 0 Å². The van der Waals surface area contributed by atoms with Crippen molar-refractivity contribution in [1.29, 1.82) is 0 Å². The molecule has 148 valence electrons. The van der Waals surface area contributed by atoms with Gasteiger partial charge in [-0.2, -0.15) is 13.2 Å². The van der Waals surface area contributed by atoms with E-state index in [9.17, 15) is 32.9 Å². The minimum Gasteiger partial charge on any atom is -0.449 e. The Morgan fingerprint density at radius 2 is 1.79 bits per heavy atom. The number of nitrogens with zero attached hydrogens (tertiary/aromatic N) is 1. The maximum Gasteiger partial charge on any atom is 0.418 e. The lowest BCUT2D eigenvalue weighted by molar-refractivity contribution is -0.385. The first-order valence-corrected chi connectivity index (χ1v) is 7.94. The van der Waals surface area contributed by atoms with Gasteiger partial charge < -0.3 is 10.1 Å². The normalized spacial score (nSPS) is 12.2. The molecule has 2 aromatic carbocycles. The number of carbonyl (C=O) groups excluding carboxylic acids is 2. The average molecular weight is 396 g/mol. The zero-order valence-corrected chi connectivity index (χ0v) is 14.7. The van der Waals surface area contributed by atoms with Crippen LogP contribution in [-0.2, 0) is 15.7 Å². The molecule has 7 nitrogen and oxygen atoms in total. The van der Waals surface area contributed by atoms with Crippen molar-refractivity contribution in [1.82, 2.24) is 0 Å². The van der Waals surface area contributed by atoms with Gasteiger partial charge >= 0.3 is 12.1 Å². The second kappa shape index (κ2) is 8.07. The van der Waals surface area contributed by atoms with E-state index in [1.165, 1.54) is 31.2 Å². The van der Waals surface area contributed by atoms with Gasteiger partial charge in [-0.25, -0.2) is 4.79 Å². The van der Waals surface area contributed by atoms with E-state index in [0.29, 0.717) is 0 Å². The Balaban J connectivity index is 2.19.